The van der Waals surface area contributed by atoms with Gasteiger partial charge in [-0.15, -0.1) is 0 Å². The number of ketones is 1. The fraction of sp³-hybridized carbons (Fsp3) is 0.250. The summed E-state index contributed by atoms with van der Waals surface area (Å²) in [6, 6.07) is 16.0. The zero-order chi connectivity index (χ0) is 30.8. The van der Waals surface area contributed by atoms with E-state index in [0.29, 0.717) is 28.1 Å². The van der Waals surface area contributed by atoms with Crippen LogP contribution in [0.25, 0.3) is 11.3 Å². The summed E-state index contributed by atoms with van der Waals surface area (Å²) in [6.07, 6.45) is 1.44. The highest BCUT2D eigenvalue weighted by Crippen LogP contribution is 2.26. The van der Waals surface area contributed by atoms with Gasteiger partial charge in [0.2, 0.25) is 0 Å². The van der Waals surface area contributed by atoms with Gasteiger partial charge in [-0.1, -0.05) is 32.9 Å². The molecule has 4 aromatic rings. The Morgan fingerprint density at radius 1 is 0.952 bits per heavy atom. The van der Waals surface area contributed by atoms with Crippen LogP contribution in [-0.4, -0.2) is 51.4 Å². The molecule has 2 amide bonds. The minimum atomic E-state index is -0.678. The standard InChI is InChI=1S/C32H32FN5O4/c1-32(2,3)23-11-7-19(8-12-23)29(40)35-27-16-20(10-14-25(27)33)26-17-22(30(41)38(6)36-26)15-24-13-9-21(18-34-24)28(39)31(42)37(4)5/h7-14,16-18H,15H2,1-6H3,(H,35,40). The van der Waals surface area contributed by atoms with E-state index >= 15 is 0 Å². The first-order chi connectivity index (χ1) is 19.7. The fourth-order valence-corrected chi connectivity index (χ4v) is 4.22. The van der Waals surface area contributed by atoms with Crippen LogP contribution in [0.5, 0.6) is 0 Å². The number of nitrogens with one attached hydrogen (secondary N) is 1. The predicted octanol–water partition coefficient (Wildman–Crippen LogP) is 4.39. The molecule has 4 rings (SSSR count). The predicted molar refractivity (Wildman–Crippen MR) is 158 cm³/mol. The summed E-state index contributed by atoms with van der Waals surface area (Å²) in [4.78, 5) is 55.4. The van der Waals surface area contributed by atoms with Crippen LogP contribution in [0.15, 0.2) is 71.7 Å². The van der Waals surface area contributed by atoms with Crippen LogP contribution in [0.2, 0.25) is 0 Å². The van der Waals surface area contributed by atoms with Crippen molar-refractivity contribution in [3.63, 3.8) is 0 Å². The number of aryl methyl sites for hydroxylation is 1. The Hall–Kier alpha value is -4.99. The number of hydrogen-bond donors (Lipinski definition) is 1. The molecule has 0 saturated heterocycles. The van der Waals surface area contributed by atoms with Gasteiger partial charge in [-0.2, -0.15) is 5.10 Å². The van der Waals surface area contributed by atoms with Crippen LogP contribution < -0.4 is 10.9 Å². The molecule has 0 atom stereocenters. The van der Waals surface area contributed by atoms with Gasteiger partial charge in [0, 0.05) is 61.7 Å². The Bertz CT molecular complexity index is 1720. The molecule has 216 valence electrons. The van der Waals surface area contributed by atoms with Crippen LogP contribution >= 0.6 is 0 Å². The minimum absolute atomic E-state index is 0.0243. The Balaban J connectivity index is 1.58. The normalized spacial score (nSPS) is 11.2. The number of amides is 2. The quantitative estimate of drug-likeness (QED) is 0.261. The fourth-order valence-electron chi connectivity index (χ4n) is 4.22. The molecule has 0 aliphatic heterocycles. The van der Waals surface area contributed by atoms with Crippen LogP contribution in [0.3, 0.4) is 0 Å². The molecular weight excluding hydrogens is 537 g/mol. The van der Waals surface area contributed by atoms with Crippen molar-refractivity contribution in [1.29, 1.82) is 0 Å². The van der Waals surface area contributed by atoms with Crippen molar-refractivity contribution < 1.29 is 18.8 Å². The van der Waals surface area contributed by atoms with Crippen LogP contribution in [-0.2, 0) is 23.7 Å². The van der Waals surface area contributed by atoms with Gasteiger partial charge in [0.15, 0.2) is 0 Å². The maximum atomic E-state index is 14.7. The molecule has 10 heteroatoms. The number of carbonyl (C=O) groups is 3. The van der Waals surface area contributed by atoms with Gasteiger partial charge in [0.25, 0.3) is 23.2 Å². The summed E-state index contributed by atoms with van der Waals surface area (Å²) in [5, 5.41) is 6.95. The molecule has 0 spiro atoms. The highest BCUT2D eigenvalue weighted by molar-refractivity contribution is 6.42. The number of halogens is 1. The van der Waals surface area contributed by atoms with Crippen molar-refractivity contribution in [2.24, 2.45) is 7.05 Å². The first-order valence-electron chi connectivity index (χ1n) is 13.2. The molecule has 0 unspecified atom stereocenters. The molecule has 0 bridgehead atoms. The molecule has 2 aromatic heterocycles. The highest BCUT2D eigenvalue weighted by Gasteiger charge is 2.19. The number of carbonyl (C=O) groups excluding carboxylic acids is 3. The van der Waals surface area contributed by atoms with E-state index in [9.17, 15) is 23.6 Å². The van der Waals surface area contributed by atoms with E-state index in [4.69, 9.17) is 0 Å². The Labute approximate surface area is 243 Å². The lowest BCUT2D eigenvalue weighted by Gasteiger charge is -2.19. The zero-order valence-corrected chi connectivity index (χ0v) is 24.4. The van der Waals surface area contributed by atoms with Crippen molar-refractivity contribution in [3.8, 4) is 11.3 Å². The van der Waals surface area contributed by atoms with E-state index in [-0.39, 0.29) is 28.6 Å². The first-order valence-corrected chi connectivity index (χ1v) is 13.2. The average molecular weight is 570 g/mol. The second-order valence-electron chi connectivity index (χ2n) is 11.2. The maximum absolute atomic E-state index is 14.7. The highest BCUT2D eigenvalue weighted by atomic mass is 19.1. The van der Waals surface area contributed by atoms with Crippen LogP contribution in [0.1, 0.15) is 58.3 Å². The van der Waals surface area contributed by atoms with E-state index in [1.807, 2.05) is 12.1 Å². The van der Waals surface area contributed by atoms with Crippen LogP contribution in [0.4, 0.5) is 10.1 Å². The monoisotopic (exact) mass is 569 g/mol. The second kappa shape index (κ2) is 11.9. The van der Waals surface area contributed by atoms with Gasteiger partial charge < -0.3 is 10.2 Å². The van der Waals surface area contributed by atoms with E-state index < -0.39 is 23.4 Å². The van der Waals surface area contributed by atoms with Gasteiger partial charge in [0.1, 0.15) is 5.82 Å². The molecule has 42 heavy (non-hydrogen) atoms. The van der Waals surface area contributed by atoms with E-state index in [1.54, 1.807) is 24.3 Å². The number of benzene rings is 2. The Morgan fingerprint density at radius 3 is 2.21 bits per heavy atom. The first kappa shape index (κ1) is 30.0. The molecule has 1 N–H and O–H groups in total. The van der Waals surface area contributed by atoms with Crippen molar-refractivity contribution in [1.82, 2.24) is 19.7 Å². The third kappa shape index (κ3) is 6.65. The number of nitrogens with zero attached hydrogens (tertiary/aromatic N) is 4. The topological polar surface area (TPSA) is 114 Å². The number of likely N-dealkylation sites (N-methyl/N-ethyl adjacent to an activating group) is 1. The molecule has 0 radical (unpaired) electrons. The van der Waals surface area contributed by atoms with Crippen molar-refractivity contribution >= 4 is 23.3 Å². The average Bonchev–Trinajstić information content (AvgIpc) is 2.95. The maximum Gasteiger partial charge on any atom is 0.294 e. The van der Waals surface area contributed by atoms with Crippen molar-refractivity contribution in [3.05, 3.63) is 111 Å². The molecule has 0 aliphatic rings. The van der Waals surface area contributed by atoms with Crippen molar-refractivity contribution in [2.75, 3.05) is 19.4 Å². The summed E-state index contributed by atoms with van der Waals surface area (Å²) < 4.78 is 15.9. The molecule has 0 fully saturated rings. The molecule has 0 aliphatic carbocycles. The lowest BCUT2D eigenvalue weighted by Crippen LogP contribution is -2.30. The number of anilines is 1. The molecule has 0 saturated carbocycles. The third-order valence-corrected chi connectivity index (χ3v) is 6.72. The molecular formula is C32H32FN5O4. The lowest BCUT2D eigenvalue weighted by molar-refractivity contribution is -0.124. The zero-order valence-electron chi connectivity index (χ0n) is 24.4. The number of hydrogen-bond acceptors (Lipinski definition) is 6. The van der Waals surface area contributed by atoms with Crippen LogP contribution in [0, 0.1) is 5.82 Å². The number of rotatable bonds is 7. The second-order valence-corrected chi connectivity index (χ2v) is 11.2. The van der Waals surface area contributed by atoms with Gasteiger partial charge >= 0.3 is 0 Å². The molecule has 2 aromatic carbocycles. The van der Waals surface area contributed by atoms with E-state index in [2.05, 4.69) is 36.2 Å². The lowest BCUT2D eigenvalue weighted by atomic mass is 9.87. The number of Topliss-reactive ketones (excluding diaryl/α,β-unsaturated/α-hetero) is 1. The van der Waals surface area contributed by atoms with E-state index in [0.717, 1.165) is 5.56 Å². The smallest absolute Gasteiger partial charge is 0.294 e. The largest absolute Gasteiger partial charge is 0.342 e. The summed E-state index contributed by atoms with van der Waals surface area (Å²) in [6.45, 7) is 6.23. The minimum Gasteiger partial charge on any atom is -0.342 e. The van der Waals surface area contributed by atoms with E-state index in [1.165, 1.54) is 61.2 Å². The van der Waals surface area contributed by atoms with Crippen molar-refractivity contribution in [2.45, 2.75) is 32.6 Å². The summed E-state index contributed by atoms with van der Waals surface area (Å²) >= 11 is 0. The summed E-state index contributed by atoms with van der Waals surface area (Å²) in [5.41, 5.74) is 2.92. The van der Waals surface area contributed by atoms with Gasteiger partial charge in [-0.05, 0) is 59.5 Å². The SMILES string of the molecule is CN(C)C(=O)C(=O)c1ccc(Cc2cc(-c3ccc(F)c(NC(=O)c4ccc(C(C)(C)C)cc4)c3)nn(C)c2=O)nc1. The Kier molecular flexibility index (Phi) is 8.46. The van der Waals surface area contributed by atoms with Gasteiger partial charge in [-0.25, -0.2) is 9.07 Å². The molecule has 2 heterocycles. The Morgan fingerprint density at radius 2 is 1.62 bits per heavy atom. The van der Waals surface area contributed by atoms with Gasteiger partial charge in [0.05, 0.1) is 11.4 Å². The number of aromatic nitrogens is 3. The summed E-state index contributed by atoms with van der Waals surface area (Å²) in [7, 11) is 4.48. The third-order valence-electron chi connectivity index (χ3n) is 6.72. The summed E-state index contributed by atoms with van der Waals surface area (Å²) in [5.74, 6) is -2.41. The number of pyridine rings is 1. The molecule has 9 nitrogen and oxygen atoms in total. The van der Waals surface area contributed by atoms with Gasteiger partial charge in [-0.3, -0.25) is 24.2 Å².